The highest BCUT2D eigenvalue weighted by Gasteiger charge is 2.21. The van der Waals surface area contributed by atoms with Gasteiger partial charge in [-0.25, -0.2) is 0 Å². The molecule has 0 amide bonds. The van der Waals surface area contributed by atoms with Crippen LogP contribution < -0.4 is 4.89 Å². The van der Waals surface area contributed by atoms with Gasteiger partial charge in [-0.05, 0) is 44.9 Å². The van der Waals surface area contributed by atoms with Crippen molar-refractivity contribution in [3.05, 3.63) is 48.6 Å². The van der Waals surface area contributed by atoms with Crippen molar-refractivity contribution in [2.75, 3.05) is 47.5 Å². The number of carbonyl (C=O) groups excluding carboxylic acids is 2. The lowest BCUT2D eigenvalue weighted by atomic mass is 10.0. The van der Waals surface area contributed by atoms with E-state index in [1.54, 1.807) is 12.2 Å². The van der Waals surface area contributed by atoms with Crippen molar-refractivity contribution in [2.45, 2.75) is 167 Å². The predicted molar refractivity (Wildman–Crippen MR) is 219 cm³/mol. The molecule has 1 N–H and O–H groups in total. The van der Waals surface area contributed by atoms with E-state index in [0.717, 1.165) is 38.5 Å². The van der Waals surface area contributed by atoms with Crippen LogP contribution in [-0.2, 0) is 32.7 Å². The van der Waals surface area contributed by atoms with Crippen molar-refractivity contribution in [1.82, 2.24) is 0 Å². The van der Waals surface area contributed by atoms with Crippen LogP contribution in [0.2, 0.25) is 0 Å². The smallest absolute Gasteiger partial charge is 0.306 e. The Bertz CT molecular complexity index is 1080. The minimum absolute atomic E-state index is 0.0488. The van der Waals surface area contributed by atoms with Gasteiger partial charge in [0.25, 0.3) is 7.82 Å². The number of likely N-dealkylation sites (N-methyl/N-ethyl adjacent to an activating group) is 1. The van der Waals surface area contributed by atoms with Crippen molar-refractivity contribution in [3.8, 4) is 0 Å². The molecular formula is C43H78NO9P. The topological polar surface area (TPSA) is 131 Å². The molecule has 314 valence electrons. The van der Waals surface area contributed by atoms with Crippen molar-refractivity contribution >= 4 is 19.8 Å². The van der Waals surface area contributed by atoms with E-state index in [2.05, 4.69) is 38.2 Å². The molecule has 0 aliphatic carbocycles. The summed E-state index contributed by atoms with van der Waals surface area (Å²) < 4.78 is 33.6. The molecule has 1 unspecified atom stereocenters. The molecule has 0 rings (SSSR count). The average Bonchev–Trinajstić information content (AvgIpc) is 3.11. The lowest BCUT2D eigenvalue weighted by Gasteiger charge is -2.28. The Morgan fingerprint density at radius 1 is 0.685 bits per heavy atom. The van der Waals surface area contributed by atoms with Gasteiger partial charge in [0.2, 0.25) is 0 Å². The van der Waals surface area contributed by atoms with Crippen LogP contribution >= 0.6 is 7.82 Å². The second-order valence-corrected chi connectivity index (χ2v) is 16.6. The fourth-order valence-electron chi connectivity index (χ4n) is 5.34. The first-order chi connectivity index (χ1) is 25.9. The standard InChI is InChI=1S/C43H78NO9P/c1-6-8-10-12-14-16-18-20-21-23-25-27-29-32-40(45)33-31-35-42(46)50-38-41(39-52-54(48,49)51-37-36-44(3,4)5)53-43(47)34-30-28-26-24-22-19-17-15-13-11-9-7-2/h14,16,20-21,25,27,29,32,40-41,45H,6-13,15,17-19,22-24,26,28,30-31,33-39H2,1-5H3/b16-14-,21-20-,27-25-,32-29+/t40-,41-/m1/s1. The molecule has 0 saturated carbocycles. The minimum atomic E-state index is -4.66. The highest BCUT2D eigenvalue weighted by molar-refractivity contribution is 7.45. The number of rotatable bonds is 37. The van der Waals surface area contributed by atoms with Crippen LogP contribution in [0.15, 0.2) is 48.6 Å². The van der Waals surface area contributed by atoms with Gasteiger partial charge in [0, 0.05) is 12.8 Å². The maximum atomic E-state index is 12.6. The number of quaternary nitrogens is 1. The van der Waals surface area contributed by atoms with Crippen LogP contribution in [0.1, 0.15) is 155 Å². The lowest BCUT2D eigenvalue weighted by Crippen LogP contribution is -2.37. The van der Waals surface area contributed by atoms with Crippen LogP contribution in [0.5, 0.6) is 0 Å². The number of allylic oxidation sites excluding steroid dienone is 7. The second kappa shape index (κ2) is 35.4. The molecule has 54 heavy (non-hydrogen) atoms. The van der Waals surface area contributed by atoms with E-state index in [4.69, 9.17) is 18.5 Å². The third kappa shape index (κ3) is 38.2. The summed E-state index contributed by atoms with van der Waals surface area (Å²) in [7, 11) is 1.06. The molecule has 0 radical (unpaired) electrons. The highest BCUT2D eigenvalue weighted by Crippen LogP contribution is 2.38. The van der Waals surface area contributed by atoms with E-state index >= 15 is 0 Å². The summed E-state index contributed by atoms with van der Waals surface area (Å²) in [5, 5.41) is 10.3. The number of aliphatic hydroxyl groups excluding tert-OH is 1. The highest BCUT2D eigenvalue weighted by atomic mass is 31.2. The first-order valence-corrected chi connectivity index (χ1v) is 22.4. The number of hydrogen-bond donors (Lipinski definition) is 1. The van der Waals surface area contributed by atoms with Gasteiger partial charge in [-0.1, -0.05) is 146 Å². The van der Waals surface area contributed by atoms with Gasteiger partial charge in [0.1, 0.15) is 19.8 Å². The minimum Gasteiger partial charge on any atom is -0.756 e. The maximum Gasteiger partial charge on any atom is 0.306 e. The Labute approximate surface area is 329 Å². The van der Waals surface area contributed by atoms with Crippen LogP contribution in [0, 0.1) is 0 Å². The number of ether oxygens (including phenoxy) is 2. The van der Waals surface area contributed by atoms with Crippen molar-refractivity contribution in [3.63, 3.8) is 0 Å². The maximum absolute atomic E-state index is 12.6. The third-order valence-corrected chi connectivity index (χ3v) is 9.67. The van der Waals surface area contributed by atoms with Gasteiger partial charge in [-0.15, -0.1) is 0 Å². The Morgan fingerprint density at radius 3 is 1.87 bits per heavy atom. The summed E-state index contributed by atoms with van der Waals surface area (Å²) in [6.45, 7) is 3.95. The number of phosphoric ester groups is 1. The largest absolute Gasteiger partial charge is 0.756 e. The Hall–Kier alpha value is -2.07. The van der Waals surface area contributed by atoms with Gasteiger partial charge in [0.15, 0.2) is 6.10 Å². The Kier molecular flexibility index (Phi) is 34.0. The fourth-order valence-corrected chi connectivity index (χ4v) is 6.07. The first kappa shape index (κ1) is 51.9. The third-order valence-electron chi connectivity index (χ3n) is 8.71. The summed E-state index contributed by atoms with van der Waals surface area (Å²) in [4.78, 5) is 37.4. The molecule has 0 saturated heterocycles. The molecule has 0 aromatic heterocycles. The number of esters is 2. The van der Waals surface area contributed by atoms with Gasteiger partial charge in [-0.2, -0.15) is 0 Å². The van der Waals surface area contributed by atoms with Crippen molar-refractivity contribution in [2.24, 2.45) is 0 Å². The van der Waals surface area contributed by atoms with Gasteiger partial charge in [0.05, 0.1) is 33.9 Å². The number of carbonyl (C=O) groups is 2. The Morgan fingerprint density at radius 2 is 1.24 bits per heavy atom. The molecule has 0 heterocycles. The van der Waals surface area contributed by atoms with E-state index in [1.807, 2.05) is 33.3 Å². The molecule has 0 aromatic rings. The van der Waals surface area contributed by atoms with E-state index in [-0.39, 0.29) is 26.1 Å². The fraction of sp³-hybridized carbons (Fsp3) is 0.767. The Balaban J connectivity index is 4.58. The first-order valence-electron chi connectivity index (χ1n) is 21.0. The zero-order valence-corrected chi connectivity index (χ0v) is 35.7. The molecule has 10 nitrogen and oxygen atoms in total. The molecule has 0 fully saturated rings. The zero-order valence-electron chi connectivity index (χ0n) is 34.8. The van der Waals surface area contributed by atoms with E-state index in [0.29, 0.717) is 30.3 Å². The van der Waals surface area contributed by atoms with Crippen molar-refractivity contribution < 1.29 is 47.2 Å². The summed E-state index contributed by atoms with van der Waals surface area (Å²) in [6.07, 6.45) is 36.0. The molecule has 11 heteroatoms. The summed E-state index contributed by atoms with van der Waals surface area (Å²) >= 11 is 0. The number of phosphoric acid groups is 1. The van der Waals surface area contributed by atoms with Gasteiger partial charge < -0.3 is 33.0 Å². The molecule has 0 bridgehead atoms. The summed E-state index contributed by atoms with van der Waals surface area (Å²) in [5.41, 5.74) is 0. The molecule has 0 aliphatic rings. The molecule has 3 atom stereocenters. The predicted octanol–water partition coefficient (Wildman–Crippen LogP) is 9.86. The molecule has 0 aliphatic heterocycles. The van der Waals surface area contributed by atoms with Crippen LogP contribution in [0.3, 0.4) is 0 Å². The van der Waals surface area contributed by atoms with E-state index in [9.17, 15) is 24.2 Å². The average molecular weight is 784 g/mol. The molecule has 0 aromatic carbocycles. The zero-order chi connectivity index (χ0) is 40.2. The lowest BCUT2D eigenvalue weighted by molar-refractivity contribution is -0.870. The normalized spacial score (nSPS) is 14.7. The monoisotopic (exact) mass is 784 g/mol. The van der Waals surface area contributed by atoms with Crippen LogP contribution in [0.4, 0.5) is 0 Å². The number of aliphatic hydroxyl groups is 1. The summed E-state index contributed by atoms with van der Waals surface area (Å²) in [6, 6.07) is 0. The van der Waals surface area contributed by atoms with Crippen LogP contribution in [-0.4, -0.2) is 81.2 Å². The number of hydrogen-bond acceptors (Lipinski definition) is 9. The number of unbranched alkanes of at least 4 members (excludes halogenated alkanes) is 14. The van der Waals surface area contributed by atoms with E-state index in [1.165, 1.54) is 70.6 Å². The second-order valence-electron chi connectivity index (χ2n) is 15.2. The van der Waals surface area contributed by atoms with E-state index < -0.39 is 38.6 Å². The SMILES string of the molecule is CCCCC/C=C\C/C=C\C/C=C\C=C\[C@@H](O)CCCC(=O)OC[C@H](COP(=O)([O-])OCC[N+](C)(C)C)OC(=O)CCCCCCCCCCCCCC. The van der Waals surface area contributed by atoms with Gasteiger partial charge >= 0.3 is 11.9 Å². The molecule has 0 spiro atoms. The quantitative estimate of drug-likeness (QED) is 0.0163. The van der Waals surface area contributed by atoms with Crippen LogP contribution in [0.25, 0.3) is 0 Å². The van der Waals surface area contributed by atoms with Crippen molar-refractivity contribution in [1.29, 1.82) is 0 Å². The molecular weight excluding hydrogens is 705 g/mol. The summed E-state index contributed by atoms with van der Waals surface area (Å²) in [5.74, 6) is -1.04. The number of nitrogens with zero attached hydrogens (tertiary/aromatic N) is 1. The van der Waals surface area contributed by atoms with Gasteiger partial charge in [-0.3, -0.25) is 14.2 Å².